The lowest BCUT2D eigenvalue weighted by atomic mass is 10.1. The van der Waals surface area contributed by atoms with Crippen LogP contribution in [0.2, 0.25) is 5.02 Å². The van der Waals surface area contributed by atoms with Crippen LogP contribution < -0.4 is 15.2 Å². The van der Waals surface area contributed by atoms with Crippen molar-refractivity contribution in [2.75, 3.05) is 6.54 Å². The molecule has 0 fully saturated rings. The van der Waals surface area contributed by atoms with Gasteiger partial charge in [-0.25, -0.2) is 4.39 Å². The minimum atomic E-state index is -1.05. The van der Waals surface area contributed by atoms with Crippen LogP contribution >= 0.6 is 11.6 Å². The molecular formula is C31H30ClFN2O4. The maximum Gasteiger partial charge on any atom is 0.320 e. The fourth-order valence-corrected chi connectivity index (χ4v) is 4.16. The second-order valence-corrected chi connectivity index (χ2v) is 9.54. The average Bonchev–Trinajstić information content (AvgIpc) is 2.94. The Hall–Kier alpha value is -3.91. The minimum absolute atomic E-state index is 0.130. The summed E-state index contributed by atoms with van der Waals surface area (Å²) in [5.41, 5.74) is 8.57. The van der Waals surface area contributed by atoms with E-state index in [-0.39, 0.29) is 12.2 Å². The van der Waals surface area contributed by atoms with Gasteiger partial charge in [-0.2, -0.15) is 0 Å². The smallest absolute Gasteiger partial charge is 0.320 e. The summed E-state index contributed by atoms with van der Waals surface area (Å²) in [5.74, 6) is -0.142. The maximum absolute atomic E-state index is 14.3. The molecule has 0 aliphatic carbocycles. The zero-order valence-electron chi connectivity index (χ0n) is 21.3. The number of halogens is 2. The van der Waals surface area contributed by atoms with Crippen molar-refractivity contribution in [2.45, 2.75) is 32.2 Å². The summed E-state index contributed by atoms with van der Waals surface area (Å²) in [4.78, 5) is 13.5. The highest BCUT2D eigenvalue weighted by molar-refractivity contribution is 6.30. The standard InChI is InChI=1S/C31H30ClFN2O4/c32-25-15-13-22(14-16-25)21-38-28-10-4-1-7-23(28)19-35(18-17-27(34)31(36)37)20-24-8-2-5-11-29(24)39-30-12-6-3-9-26(30)33/h1-16,27H,17-21,34H2,(H,36,37)/t27-/m0/s1. The van der Waals surface area contributed by atoms with Gasteiger partial charge in [0.25, 0.3) is 0 Å². The van der Waals surface area contributed by atoms with Crippen molar-refractivity contribution in [3.8, 4) is 17.2 Å². The minimum Gasteiger partial charge on any atom is -0.489 e. The molecule has 1 atom stereocenters. The first-order chi connectivity index (χ1) is 18.9. The Morgan fingerprint density at radius 1 is 0.846 bits per heavy atom. The Bertz CT molecular complexity index is 1380. The quantitative estimate of drug-likeness (QED) is 0.194. The van der Waals surface area contributed by atoms with Crippen LogP contribution in [0.1, 0.15) is 23.1 Å². The van der Waals surface area contributed by atoms with E-state index in [9.17, 15) is 14.3 Å². The van der Waals surface area contributed by atoms with E-state index in [1.54, 1.807) is 24.3 Å². The number of hydrogen-bond donors (Lipinski definition) is 2. The van der Waals surface area contributed by atoms with Gasteiger partial charge in [0.2, 0.25) is 0 Å². The van der Waals surface area contributed by atoms with E-state index in [4.69, 9.17) is 26.8 Å². The van der Waals surface area contributed by atoms with Gasteiger partial charge in [-0.15, -0.1) is 0 Å². The third kappa shape index (κ3) is 8.29. The molecule has 3 N–H and O–H groups in total. The number of nitrogens with two attached hydrogens (primary N) is 1. The van der Waals surface area contributed by atoms with Gasteiger partial charge in [0.15, 0.2) is 11.6 Å². The average molecular weight is 549 g/mol. The Balaban J connectivity index is 1.54. The van der Waals surface area contributed by atoms with Crippen molar-refractivity contribution in [1.82, 2.24) is 4.90 Å². The molecule has 4 rings (SSSR count). The Kier molecular flexibility index (Phi) is 9.91. The SMILES string of the molecule is N[C@@H](CCN(Cc1ccccc1OCc1ccc(Cl)cc1)Cc1ccccc1Oc1ccccc1F)C(=O)O. The molecule has 0 amide bonds. The number of ether oxygens (including phenoxy) is 2. The van der Waals surface area contributed by atoms with Crippen molar-refractivity contribution in [1.29, 1.82) is 0 Å². The topological polar surface area (TPSA) is 85.0 Å². The van der Waals surface area contributed by atoms with Crippen molar-refractivity contribution in [2.24, 2.45) is 5.73 Å². The fourth-order valence-electron chi connectivity index (χ4n) is 4.04. The van der Waals surface area contributed by atoms with Gasteiger partial charge in [-0.05, 0) is 48.4 Å². The zero-order chi connectivity index (χ0) is 27.6. The number of para-hydroxylation sites is 3. The second-order valence-electron chi connectivity index (χ2n) is 9.11. The van der Waals surface area contributed by atoms with Crippen molar-refractivity contribution in [3.63, 3.8) is 0 Å². The second kappa shape index (κ2) is 13.8. The van der Waals surface area contributed by atoms with Gasteiger partial charge >= 0.3 is 5.97 Å². The lowest BCUT2D eigenvalue weighted by molar-refractivity contribution is -0.138. The highest BCUT2D eigenvalue weighted by Gasteiger charge is 2.18. The van der Waals surface area contributed by atoms with Crippen LogP contribution in [-0.4, -0.2) is 28.6 Å². The molecule has 0 saturated carbocycles. The summed E-state index contributed by atoms with van der Waals surface area (Å²) in [6, 6.07) is 27.8. The van der Waals surface area contributed by atoms with Crippen LogP contribution in [-0.2, 0) is 24.5 Å². The summed E-state index contributed by atoms with van der Waals surface area (Å²) in [6.45, 7) is 1.67. The highest BCUT2D eigenvalue weighted by Crippen LogP contribution is 2.29. The van der Waals surface area contributed by atoms with E-state index in [1.165, 1.54) is 6.07 Å². The summed E-state index contributed by atoms with van der Waals surface area (Å²) < 4.78 is 26.3. The number of aliphatic carboxylic acids is 1. The van der Waals surface area contributed by atoms with Crippen molar-refractivity contribution < 1.29 is 23.8 Å². The molecule has 0 aliphatic rings. The van der Waals surface area contributed by atoms with E-state index in [0.29, 0.717) is 37.0 Å². The number of hydrogen-bond acceptors (Lipinski definition) is 5. The van der Waals surface area contributed by atoms with Gasteiger partial charge < -0.3 is 20.3 Å². The number of carbonyl (C=O) groups is 1. The largest absolute Gasteiger partial charge is 0.489 e. The molecule has 0 heterocycles. The third-order valence-electron chi connectivity index (χ3n) is 6.17. The number of rotatable bonds is 13. The molecule has 202 valence electrons. The number of nitrogens with zero attached hydrogens (tertiary/aromatic N) is 1. The molecule has 0 spiro atoms. The van der Waals surface area contributed by atoms with E-state index in [0.717, 1.165) is 22.4 Å². The zero-order valence-corrected chi connectivity index (χ0v) is 22.1. The molecular weight excluding hydrogens is 519 g/mol. The normalized spacial score (nSPS) is 11.8. The van der Waals surface area contributed by atoms with Crippen LogP contribution in [0, 0.1) is 5.82 Å². The van der Waals surface area contributed by atoms with Gasteiger partial charge in [0.05, 0.1) is 0 Å². The Labute approximate surface area is 232 Å². The van der Waals surface area contributed by atoms with Crippen LogP contribution in [0.5, 0.6) is 17.2 Å². The van der Waals surface area contributed by atoms with Crippen molar-refractivity contribution >= 4 is 17.6 Å². The van der Waals surface area contributed by atoms with Crippen LogP contribution in [0.25, 0.3) is 0 Å². The fraction of sp³-hybridized carbons (Fsp3) is 0.194. The Morgan fingerprint density at radius 3 is 2.05 bits per heavy atom. The lowest BCUT2D eigenvalue weighted by Crippen LogP contribution is -2.35. The van der Waals surface area contributed by atoms with Gasteiger partial charge in [0.1, 0.15) is 24.1 Å². The summed E-state index contributed by atoms with van der Waals surface area (Å²) in [6.07, 6.45) is 0.249. The van der Waals surface area contributed by atoms with Gasteiger partial charge in [-0.3, -0.25) is 9.69 Å². The monoisotopic (exact) mass is 548 g/mol. The molecule has 4 aromatic carbocycles. The number of benzene rings is 4. The molecule has 39 heavy (non-hydrogen) atoms. The molecule has 6 nitrogen and oxygen atoms in total. The lowest BCUT2D eigenvalue weighted by Gasteiger charge is -2.25. The van der Waals surface area contributed by atoms with Gasteiger partial charge in [-0.1, -0.05) is 72.3 Å². The number of carboxylic acid groups (broad SMARTS) is 1. The van der Waals surface area contributed by atoms with Crippen LogP contribution in [0.4, 0.5) is 4.39 Å². The van der Waals surface area contributed by atoms with E-state index >= 15 is 0 Å². The first-order valence-electron chi connectivity index (χ1n) is 12.5. The molecule has 0 saturated heterocycles. The van der Waals surface area contributed by atoms with Crippen molar-refractivity contribution in [3.05, 3.63) is 125 Å². The Morgan fingerprint density at radius 2 is 1.41 bits per heavy atom. The highest BCUT2D eigenvalue weighted by atomic mass is 35.5. The molecule has 0 aliphatic heterocycles. The van der Waals surface area contributed by atoms with E-state index < -0.39 is 17.8 Å². The summed E-state index contributed by atoms with van der Waals surface area (Å²) >= 11 is 5.99. The molecule has 0 bridgehead atoms. The molecule has 0 aromatic heterocycles. The molecule has 0 unspecified atom stereocenters. The first kappa shape index (κ1) is 28.1. The van der Waals surface area contributed by atoms with Crippen LogP contribution in [0.3, 0.4) is 0 Å². The van der Waals surface area contributed by atoms with E-state index in [2.05, 4.69) is 4.90 Å². The maximum atomic E-state index is 14.3. The predicted molar refractivity (Wildman–Crippen MR) is 149 cm³/mol. The summed E-state index contributed by atoms with van der Waals surface area (Å²) in [7, 11) is 0. The predicted octanol–water partition coefficient (Wildman–Crippen LogP) is 6.65. The first-order valence-corrected chi connectivity index (χ1v) is 12.9. The number of carboxylic acids is 1. The van der Waals surface area contributed by atoms with Crippen LogP contribution in [0.15, 0.2) is 97.1 Å². The van der Waals surface area contributed by atoms with E-state index in [1.807, 2.05) is 66.7 Å². The molecule has 4 aromatic rings. The van der Waals surface area contributed by atoms with Gasteiger partial charge in [0, 0.05) is 35.8 Å². The molecule has 0 radical (unpaired) electrons. The molecule has 8 heteroatoms. The summed E-state index contributed by atoms with van der Waals surface area (Å²) in [5, 5.41) is 9.98. The third-order valence-corrected chi connectivity index (χ3v) is 6.42.